The van der Waals surface area contributed by atoms with Gasteiger partial charge in [0.1, 0.15) is 11.3 Å². The normalized spacial score (nSPS) is 27.2. The monoisotopic (exact) mass is 444 g/mol. The number of hydrogen-bond acceptors (Lipinski definition) is 2. The summed E-state index contributed by atoms with van der Waals surface area (Å²) >= 11 is 0. The van der Waals surface area contributed by atoms with E-state index in [1.165, 1.54) is 50.7 Å². The van der Waals surface area contributed by atoms with E-state index in [2.05, 4.69) is 6.92 Å². The van der Waals surface area contributed by atoms with E-state index < -0.39 is 29.1 Å². The third-order valence-corrected chi connectivity index (χ3v) is 7.27. The second-order valence-corrected chi connectivity index (χ2v) is 9.34. The largest absolute Gasteiger partial charge is 0.493 e. The maximum atomic E-state index is 14.4. The van der Waals surface area contributed by atoms with Crippen molar-refractivity contribution in [3.63, 3.8) is 0 Å². The fourth-order valence-electron chi connectivity index (χ4n) is 5.58. The summed E-state index contributed by atoms with van der Waals surface area (Å²) in [6.07, 6.45) is 7.35. The lowest BCUT2D eigenvalue weighted by Crippen LogP contribution is -2.27. The van der Waals surface area contributed by atoms with Crippen molar-refractivity contribution in [1.29, 1.82) is 0 Å². The average Bonchev–Trinajstić information content (AvgIpc) is 2.74. The van der Waals surface area contributed by atoms with Gasteiger partial charge in [-0.05, 0) is 81.3 Å². The highest BCUT2D eigenvalue weighted by molar-refractivity contribution is 5.44. The molecule has 0 N–H and O–H groups in total. The Bertz CT molecular complexity index is 687. The van der Waals surface area contributed by atoms with E-state index in [1.807, 2.05) is 0 Å². The molecule has 0 saturated heterocycles. The summed E-state index contributed by atoms with van der Waals surface area (Å²) in [5, 5.41) is 0. The van der Waals surface area contributed by atoms with Crippen LogP contribution in [-0.4, -0.2) is 13.2 Å². The third-order valence-electron chi connectivity index (χ3n) is 7.27. The molecule has 3 rings (SSSR count). The Morgan fingerprint density at radius 3 is 1.87 bits per heavy atom. The van der Waals surface area contributed by atoms with Gasteiger partial charge >= 0.3 is 6.18 Å². The van der Waals surface area contributed by atoms with Gasteiger partial charge in [-0.2, -0.15) is 13.2 Å². The molecule has 0 aliphatic heterocycles. The zero-order valence-corrected chi connectivity index (χ0v) is 18.8. The minimum Gasteiger partial charge on any atom is -0.493 e. The molecule has 0 amide bonds. The second-order valence-electron chi connectivity index (χ2n) is 9.34. The number of hydrogen-bond donors (Lipinski definition) is 0. The predicted octanol–water partition coefficient (Wildman–Crippen LogP) is 8.03. The van der Waals surface area contributed by atoms with Crippen molar-refractivity contribution in [3.05, 3.63) is 23.5 Å². The summed E-state index contributed by atoms with van der Waals surface area (Å²) < 4.78 is 65.3. The first-order chi connectivity index (χ1) is 14.8. The van der Waals surface area contributed by atoms with Gasteiger partial charge in [-0.3, -0.25) is 0 Å². The minimum atomic E-state index is -4.83. The second kappa shape index (κ2) is 10.9. The molecule has 1 aromatic carbocycles. The van der Waals surface area contributed by atoms with E-state index in [0.29, 0.717) is 0 Å². The van der Waals surface area contributed by atoms with Crippen molar-refractivity contribution in [2.75, 3.05) is 13.2 Å². The molecule has 2 nitrogen and oxygen atoms in total. The summed E-state index contributed by atoms with van der Waals surface area (Å²) in [5.41, 5.74) is -1.36. The Morgan fingerprint density at radius 2 is 1.35 bits per heavy atom. The Morgan fingerprint density at radius 1 is 0.806 bits per heavy atom. The molecule has 0 unspecified atom stereocenters. The van der Waals surface area contributed by atoms with Crippen LogP contribution in [0.3, 0.4) is 0 Å². The summed E-state index contributed by atoms with van der Waals surface area (Å²) in [6, 6.07) is 2.40. The standard InChI is InChI=1S/C25H36F4O2/c1-3-5-17-6-10-19(11-7-17)20-12-8-18(9-13-20)16-31-21-14-15-22(30-4-2)24(26)23(21)25(27,28)29/h14-15,17-20H,3-13,16H2,1-2H3. The summed E-state index contributed by atoms with van der Waals surface area (Å²) in [5.74, 6) is 0.460. The molecule has 1 aromatic rings. The first-order valence-electron chi connectivity index (χ1n) is 12.0. The number of halogens is 4. The third kappa shape index (κ3) is 6.29. The topological polar surface area (TPSA) is 18.5 Å². The smallest absolute Gasteiger partial charge is 0.422 e. The van der Waals surface area contributed by atoms with Gasteiger partial charge in [0.25, 0.3) is 0 Å². The number of ether oxygens (including phenoxy) is 2. The lowest BCUT2D eigenvalue weighted by atomic mass is 9.69. The highest BCUT2D eigenvalue weighted by Crippen LogP contribution is 2.44. The lowest BCUT2D eigenvalue weighted by Gasteiger charge is -2.37. The van der Waals surface area contributed by atoms with Crippen molar-refractivity contribution < 1.29 is 27.0 Å². The van der Waals surface area contributed by atoms with E-state index in [4.69, 9.17) is 9.47 Å². The van der Waals surface area contributed by atoms with Crippen LogP contribution in [0.4, 0.5) is 17.6 Å². The number of alkyl halides is 3. The molecule has 31 heavy (non-hydrogen) atoms. The van der Waals surface area contributed by atoms with Crippen LogP contribution in [0.25, 0.3) is 0 Å². The highest BCUT2D eigenvalue weighted by Gasteiger charge is 2.40. The molecule has 2 aliphatic carbocycles. The molecule has 0 spiro atoms. The Kier molecular flexibility index (Phi) is 8.51. The zero-order chi connectivity index (χ0) is 22.4. The number of benzene rings is 1. The van der Waals surface area contributed by atoms with Crippen LogP contribution in [0.15, 0.2) is 12.1 Å². The molecule has 0 heterocycles. The van der Waals surface area contributed by atoms with Gasteiger partial charge in [0.15, 0.2) is 11.6 Å². The molecule has 6 heteroatoms. The summed E-state index contributed by atoms with van der Waals surface area (Å²) in [7, 11) is 0. The quantitative estimate of drug-likeness (QED) is 0.378. The van der Waals surface area contributed by atoms with Crippen molar-refractivity contribution in [2.24, 2.45) is 23.7 Å². The van der Waals surface area contributed by atoms with E-state index >= 15 is 0 Å². The van der Waals surface area contributed by atoms with Crippen LogP contribution in [0, 0.1) is 29.5 Å². The molecule has 2 saturated carbocycles. The van der Waals surface area contributed by atoms with Gasteiger partial charge in [-0.15, -0.1) is 0 Å². The number of rotatable bonds is 8. The maximum Gasteiger partial charge on any atom is 0.422 e. The van der Waals surface area contributed by atoms with E-state index in [-0.39, 0.29) is 19.1 Å². The van der Waals surface area contributed by atoms with Gasteiger partial charge in [0, 0.05) is 0 Å². The van der Waals surface area contributed by atoms with Crippen molar-refractivity contribution in [3.8, 4) is 11.5 Å². The van der Waals surface area contributed by atoms with Crippen molar-refractivity contribution in [2.45, 2.75) is 84.2 Å². The predicted molar refractivity (Wildman–Crippen MR) is 114 cm³/mol. The molecular weight excluding hydrogens is 408 g/mol. The van der Waals surface area contributed by atoms with Crippen LogP contribution < -0.4 is 9.47 Å². The molecule has 0 aromatic heterocycles. The molecule has 0 atom stereocenters. The van der Waals surface area contributed by atoms with Crippen LogP contribution in [0.2, 0.25) is 0 Å². The average molecular weight is 445 g/mol. The maximum absolute atomic E-state index is 14.4. The van der Waals surface area contributed by atoms with Crippen molar-refractivity contribution in [1.82, 2.24) is 0 Å². The van der Waals surface area contributed by atoms with Gasteiger partial charge in [-0.1, -0.05) is 32.6 Å². The fourth-order valence-corrected chi connectivity index (χ4v) is 5.58. The molecule has 0 radical (unpaired) electrons. The van der Waals surface area contributed by atoms with Crippen molar-refractivity contribution >= 4 is 0 Å². The van der Waals surface area contributed by atoms with Crippen LogP contribution >= 0.6 is 0 Å². The Labute approximate surface area is 183 Å². The fraction of sp³-hybridized carbons (Fsp3) is 0.760. The van der Waals surface area contributed by atoms with E-state index in [1.54, 1.807) is 6.92 Å². The van der Waals surface area contributed by atoms with Crippen LogP contribution in [-0.2, 0) is 6.18 Å². The van der Waals surface area contributed by atoms with E-state index in [0.717, 1.165) is 43.4 Å². The Hall–Kier alpha value is -1.46. The minimum absolute atomic E-state index is 0.0952. The van der Waals surface area contributed by atoms with E-state index in [9.17, 15) is 17.6 Å². The van der Waals surface area contributed by atoms with Crippen LogP contribution in [0.1, 0.15) is 83.6 Å². The first-order valence-corrected chi connectivity index (χ1v) is 12.0. The SMILES string of the molecule is CCCC1CCC(C2CCC(COc3ccc(OCC)c(F)c3C(F)(F)F)CC2)CC1. The van der Waals surface area contributed by atoms with Gasteiger partial charge < -0.3 is 9.47 Å². The zero-order valence-electron chi connectivity index (χ0n) is 18.8. The Balaban J connectivity index is 1.52. The molecule has 176 valence electrons. The van der Waals surface area contributed by atoms with Gasteiger partial charge in [-0.25, -0.2) is 4.39 Å². The van der Waals surface area contributed by atoms with Gasteiger partial charge in [0.05, 0.1) is 13.2 Å². The molecule has 2 aliphatic rings. The molecule has 0 bridgehead atoms. The van der Waals surface area contributed by atoms with Crippen LogP contribution in [0.5, 0.6) is 11.5 Å². The first kappa shape index (κ1) is 24.2. The summed E-state index contributed by atoms with van der Waals surface area (Å²) in [6.45, 7) is 4.16. The highest BCUT2D eigenvalue weighted by atomic mass is 19.4. The van der Waals surface area contributed by atoms with Gasteiger partial charge in [0.2, 0.25) is 0 Å². The molecular formula is C25H36F4O2. The molecule has 2 fully saturated rings. The summed E-state index contributed by atoms with van der Waals surface area (Å²) in [4.78, 5) is 0. The lowest BCUT2D eigenvalue weighted by molar-refractivity contribution is -0.141.